The average molecular weight is 303 g/mol. The fraction of sp³-hybridized carbons (Fsp3) is 0.438. The number of likely N-dealkylation sites (N-methyl/N-ethyl adjacent to an activating group) is 1. The molecule has 1 fully saturated rings. The van der Waals surface area contributed by atoms with Gasteiger partial charge in [-0.2, -0.15) is 0 Å². The zero-order chi connectivity index (χ0) is 14.5. The smallest absolute Gasteiger partial charge is 0.0797 e. The molecule has 3 rings (SSSR count). The molecule has 1 aliphatic heterocycles. The molecule has 4 nitrogen and oxygen atoms in total. The first kappa shape index (κ1) is 14.7. The molecule has 1 saturated heterocycles. The Labute approximate surface area is 129 Å². The van der Waals surface area contributed by atoms with Gasteiger partial charge in [-0.15, -0.1) is 11.3 Å². The van der Waals surface area contributed by atoms with Gasteiger partial charge in [0.15, 0.2) is 0 Å². The molecule has 2 aromatic rings. The fourth-order valence-corrected chi connectivity index (χ4v) is 3.27. The number of morpholine rings is 1. The number of benzene rings is 1. The molecule has 2 heterocycles. The van der Waals surface area contributed by atoms with Gasteiger partial charge < -0.3 is 10.1 Å². The molecular formula is C16H21N3OS. The number of thiazole rings is 1. The van der Waals surface area contributed by atoms with Gasteiger partial charge >= 0.3 is 0 Å². The van der Waals surface area contributed by atoms with Crippen molar-refractivity contribution >= 4 is 11.3 Å². The molecule has 1 aromatic carbocycles. The standard InChI is InChI=1S/C16H21N3OS/c1-17-15(11-19-6-8-20-9-7-19)13-2-4-14(5-3-13)16-10-18-12-21-16/h2-5,10,12,15,17H,6-9,11H2,1H3. The molecule has 0 saturated carbocycles. The Kier molecular flexibility index (Phi) is 4.98. The van der Waals surface area contributed by atoms with Gasteiger partial charge in [0.1, 0.15) is 0 Å². The predicted molar refractivity (Wildman–Crippen MR) is 86.6 cm³/mol. The molecule has 21 heavy (non-hydrogen) atoms. The van der Waals surface area contributed by atoms with Gasteiger partial charge in [-0.05, 0) is 18.2 Å². The lowest BCUT2D eigenvalue weighted by Gasteiger charge is -2.30. The molecule has 0 radical (unpaired) electrons. The molecule has 5 heteroatoms. The van der Waals surface area contributed by atoms with E-state index in [-0.39, 0.29) is 0 Å². The Morgan fingerprint density at radius 2 is 2.05 bits per heavy atom. The monoisotopic (exact) mass is 303 g/mol. The molecule has 1 unspecified atom stereocenters. The van der Waals surface area contributed by atoms with Gasteiger partial charge in [-0.1, -0.05) is 24.3 Å². The van der Waals surface area contributed by atoms with Crippen LogP contribution in [0.15, 0.2) is 36.0 Å². The summed E-state index contributed by atoms with van der Waals surface area (Å²) in [4.78, 5) is 7.82. The van der Waals surface area contributed by atoms with Crippen LogP contribution in [0, 0.1) is 0 Å². The maximum absolute atomic E-state index is 5.41. The van der Waals surface area contributed by atoms with Gasteiger partial charge in [-0.3, -0.25) is 9.88 Å². The van der Waals surface area contributed by atoms with Gasteiger partial charge in [0.25, 0.3) is 0 Å². The number of aromatic nitrogens is 1. The average Bonchev–Trinajstić information content (AvgIpc) is 3.08. The Morgan fingerprint density at radius 1 is 1.29 bits per heavy atom. The maximum Gasteiger partial charge on any atom is 0.0797 e. The van der Waals surface area contributed by atoms with E-state index in [4.69, 9.17) is 4.74 Å². The van der Waals surface area contributed by atoms with Crippen molar-refractivity contribution in [2.24, 2.45) is 0 Å². The lowest BCUT2D eigenvalue weighted by Crippen LogP contribution is -2.41. The topological polar surface area (TPSA) is 37.4 Å². The van der Waals surface area contributed by atoms with Crippen molar-refractivity contribution in [1.29, 1.82) is 0 Å². The van der Waals surface area contributed by atoms with Crippen LogP contribution in [0.3, 0.4) is 0 Å². The van der Waals surface area contributed by atoms with Crippen molar-refractivity contribution < 1.29 is 4.74 Å². The van der Waals surface area contributed by atoms with Crippen LogP contribution in [0.1, 0.15) is 11.6 Å². The highest BCUT2D eigenvalue weighted by Crippen LogP contribution is 2.25. The molecule has 112 valence electrons. The van der Waals surface area contributed by atoms with Crippen molar-refractivity contribution in [2.45, 2.75) is 6.04 Å². The van der Waals surface area contributed by atoms with Crippen LogP contribution >= 0.6 is 11.3 Å². The van der Waals surface area contributed by atoms with Crippen LogP contribution in [0.2, 0.25) is 0 Å². The number of rotatable bonds is 5. The van der Waals surface area contributed by atoms with Gasteiger partial charge in [0.2, 0.25) is 0 Å². The number of ether oxygens (including phenoxy) is 1. The second-order valence-corrected chi connectivity index (χ2v) is 6.13. The van der Waals surface area contributed by atoms with Crippen molar-refractivity contribution in [3.05, 3.63) is 41.5 Å². The highest BCUT2D eigenvalue weighted by Gasteiger charge is 2.17. The van der Waals surface area contributed by atoms with E-state index in [9.17, 15) is 0 Å². The summed E-state index contributed by atoms with van der Waals surface area (Å²) in [5.41, 5.74) is 4.44. The summed E-state index contributed by atoms with van der Waals surface area (Å²) in [5.74, 6) is 0. The Morgan fingerprint density at radius 3 is 2.67 bits per heavy atom. The maximum atomic E-state index is 5.41. The molecule has 1 aromatic heterocycles. The highest BCUT2D eigenvalue weighted by molar-refractivity contribution is 7.13. The second kappa shape index (κ2) is 7.13. The summed E-state index contributed by atoms with van der Waals surface area (Å²) in [6.45, 7) is 4.77. The minimum atomic E-state index is 0.360. The Balaban J connectivity index is 1.68. The van der Waals surface area contributed by atoms with E-state index in [1.165, 1.54) is 16.0 Å². The van der Waals surface area contributed by atoms with Gasteiger partial charge in [-0.25, -0.2) is 0 Å². The first-order chi connectivity index (χ1) is 10.4. The van der Waals surface area contributed by atoms with E-state index in [1.54, 1.807) is 11.3 Å². The van der Waals surface area contributed by atoms with E-state index >= 15 is 0 Å². The summed E-state index contributed by atoms with van der Waals surface area (Å²) in [5, 5.41) is 3.43. The molecule has 1 atom stereocenters. The lowest BCUT2D eigenvalue weighted by molar-refractivity contribution is 0.0338. The highest BCUT2D eigenvalue weighted by atomic mass is 32.1. The van der Waals surface area contributed by atoms with E-state index in [2.05, 4.69) is 39.5 Å². The van der Waals surface area contributed by atoms with E-state index in [0.29, 0.717) is 6.04 Å². The van der Waals surface area contributed by atoms with E-state index in [0.717, 1.165) is 32.8 Å². The predicted octanol–water partition coefficient (Wildman–Crippen LogP) is 2.40. The largest absolute Gasteiger partial charge is 0.379 e. The Bertz CT molecular complexity index is 535. The third-order valence-electron chi connectivity index (χ3n) is 3.92. The number of hydrogen-bond donors (Lipinski definition) is 1. The van der Waals surface area contributed by atoms with Crippen LogP contribution in [0.5, 0.6) is 0 Å². The lowest BCUT2D eigenvalue weighted by atomic mass is 10.0. The summed E-state index contributed by atoms with van der Waals surface area (Å²) < 4.78 is 5.41. The molecule has 0 spiro atoms. The second-order valence-electron chi connectivity index (χ2n) is 5.24. The van der Waals surface area contributed by atoms with Crippen molar-refractivity contribution in [3.8, 4) is 10.4 Å². The summed E-state index contributed by atoms with van der Waals surface area (Å²) in [6.07, 6.45) is 1.92. The zero-order valence-corrected chi connectivity index (χ0v) is 13.1. The van der Waals surface area contributed by atoms with Crippen LogP contribution in [-0.2, 0) is 4.74 Å². The number of nitrogens with zero attached hydrogens (tertiary/aromatic N) is 2. The molecule has 1 N–H and O–H groups in total. The number of hydrogen-bond acceptors (Lipinski definition) is 5. The normalized spacial score (nSPS) is 17.8. The quantitative estimate of drug-likeness (QED) is 0.920. The first-order valence-electron chi connectivity index (χ1n) is 7.33. The van der Waals surface area contributed by atoms with Crippen molar-refractivity contribution in [2.75, 3.05) is 39.9 Å². The van der Waals surface area contributed by atoms with Crippen LogP contribution in [-0.4, -0.2) is 49.8 Å². The molecule has 0 bridgehead atoms. The van der Waals surface area contributed by atoms with Crippen molar-refractivity contribution in [1.82, 2.24) is 15.2 Å². The van der Waals surface area contributed by atoms with E-state index < -0.39 is 0 Å². The minimum absolute atomic E-state index is 0.360. The first-order valence-corrected chi connectivity index (χ1v) is 8.21. The molecule has 1 aliphatic rings. The third kappa shape index (κ3) is 3.68. The summed E-state index contributed by atoms with van der Waals surface area (Å²) >= 11 is 1.68. The van der Waals surface area contributed by atoms with Gasteiger partial charge in [0, 0.05) is 31.9 Å². The van der Waals surface area contributed by atoms with Crippen LogP contribution in [0.4, 0.5) is 0 Å². The zero-order valence-electron chi connectivity index (χ0n) is 12.3. The summed E-state index contributed by atoms with van der Waals surface area (Å²) in [6, 6.07) is 9.17. The third-order valence-corrected chi connectivity index (χ3v) is 4.75. The van der Waals surface area contributed by atoms with Gasteiger partial charge in [0.05, 0.1) is 23.6 Å². The van der Waals surface area contributed by atoms with Crippen molar-refractivity contribution in [3.63, 3.8) is 0 Å². The fourth-order valence-electron chi connectivity index (χ4n) is 2.64. The van der Waals surface area contributed by atoms with Crippen LogP contribution in [0.25, 0.3) is 10.4 Å². The van der Waals surface area contributed by atoms with E-state index in [1.807, 2.05) is 18.8 Å². The van der Waals surface area contributed by atoms with Crippen LogP contribution < -0.4 is 5.32 Å². The Hall–Kier alpha value is -1.27. The number of nitrogens with one attached hydrogen (secondary N) is 1. The SMILES string of the molecule is CNC(CN1CCOCC1)c1ccc(-c2cncs2)cc1. The summed E-state index contributed by atoms with van der Waals surface area (Å²) in [7, 11) is 2.03. The molecule has 0 aliphatic carbocycles. The molecular weight excluding hydrogens is 282 g/mol. The molecule has 0 amide bonds. The minimum Gasteiger partial charge on any atom is -0.379 e.